The van der Waals surface area contributed by atoms with Crippen molar-refractivity contribution in [3.63, 3.8) is 0 Å². The number of aromatic nitrogens is 2. The average molecular weight is 384 g/mol. The van der Waals surface area contributed by atoms with E-state index < -0.39 is 10.0 Å². The van der Waals surface area contributed by atoms with Crippen LogP contribution in [0.15, 0.2) is 11.1 Å². The van der Waals surface area contributed by atoms with Crippen molar-refractivity contribution in [3.8, 4) is 0 Å². The number of hydrogen-bond acceptors (Lipinski definition) is 7. The Morgan fingerprint density at radius 3 is 3.12 bits per heavy atom. The number of ether oxygens (including phenoxy) is 1. The molecule has 2 aromatic rings. The molecule has 0 aliphatic carbocycles. The second-order valence-electron chi connectivity index (χ2n) is 6.43. The van der Waals surface area contributed by atoms with Crippen LogP contribution in [0.25, 0.3) is 10.2 Å². The minimum absolute atomic E-state index is 0.0653. The lowest BCUT2D eigenvalue weighted by Gasteiger charge is -2.31. The van der Waals surface area contributed by atoms with E-state index in [0.717, 1.165) is 29.9 Å². The quantitative estimate of drug-likeness (QED) is 0.785. The first-order valence-corrected chi connectivity index (χ1v) is 10.9. The van der Waals surface area contributed by atoms with Gasteiger partial charge in [-0.05, 0) is 18.5 Å². The van der Waals surface area contributed by atoms with Crippen molar-refractivity contribution >= 4 is 31.6 Å². The summed E-state index contributed by atoms with van der Waals surface area (Å²) >= 11 is 1.57. The molecule has 4 heterocycles. The molecule has 1 N–H and O–H groups in total. The highest BCUT2D eigenvalue weighted by Crippen LogP contribution is 2.29. The molecule has 1 fully saturated rings. The fourth-order valence-electron chi connectivity index (χ4n) is 3.40. The van der Waals surface area contributed by atoms with E-state index in [4.69, 9.17) is 4.74 Å². The zero-order valence-corrected chi connectivity index (χ0v) is 15.5. The number of thiophene rings is 1. The maximum absolute atomic E-state index is 12.9. The lowest BCUT2D eigenvalue weighted by molar-refractivity contribution is -0.0106. The minimum Gasteiger partial charge on any atom is -0.374 e. The van der Waals surface area contributed by atoms with Crippen LogP contribution >= 0.6 is 11.3 Å². The molecule has 136 valence electrons. The molecule has 4 rings (SSSR count). The van der Waals surface area contributed by atoms with Crippen LogP contribution in [-0.4, -0.2) is 60.9 Å². The van der Waals surface area contributed by atoms with E-state index in [0.29, 0.717) is 25.1 Å². The molecule has 2 aliphatic rings. The van der Waals surface area contributed by atoms with Gasteiger partial charge in [-0.15, -0.1) is 11.3 Å². The van der Waals surface area contributed by atoms with Crippen LogP contribution in [0, 0.1) is 0 Å². The van der Waals surface area contributed by atoms with E-state index in [1.165, 1.54) is 15.4 Å². The third-order valence-corrected chi connectivity index (χ3v) is 7.08. The summed E-state index contributed by atoms with van der Waals surface area (Å²) in [6.45, 7) is 2.90. The van der Waals surface area contributed by atoms with Gasteiger partial charge in [0.05, 0.1) is 37.2 Å². The summed E-state index contributed by atoms with van der Waals surface area (Å²) in [6.07, 6.45) is 3.22. The third kappa shape index (κ3) is 3.24. The molecular weight excluding hydrogens is 364 g/mol. The molecule has 2 aliphatic heterocycles. The summed E-state index contributed by atoms with van der Waals surface area (Å²) in [5.74, 6) is 0. The number of sulfonamides is 1. The monoisotopic (exact) mass is 384 g/mol. The Kier molecular flexibility index (Phi) is 4.40. The summed E-state index contributed by atoms with van der Waals surface area (Å²) in [5.41, 5.74) is 1.04. The molecule has 1 saturated heterocycles. The van der Waals surface area contributed by atoms with Gasteiger partial charge < -0.3 is 10.1 Å². The number of hydrogen-bond donors (Lipinski definition) is 1. The van der Waals surface area contributed by atoms with Crippen LogP contribution in [0.1, 0.15) is 10.4 Å². The number of nitrogens with zero attached hydrogens (tertiary/aromatic N) is 3. The predicted octanol–water partition coefficient (Wildman–Crippen LogP) is -0.236. The van der Waals surface area contributed by atoms with Crippen LogP contribution in [-0.2, 0) is 34.3 Å². The summed E-state index contributed by atoms with van der Waals surface area (Å²) in [5, 5.41) is 4.02. The van der Waals surface area contributed by atoms with E-state index >= 15 is 0 Å². The first-order chi connectivity index (χ1) is 11.9. The second-order valence-corrected chi connectivity index (χ2v) is 9.49. The highest BCUT2D eigenvalue weighted by atomic mass is 32.2. The summed E-state index contributed by atoms with van der Waals surface area (Å²) in [6, 6.07) is 0. The van der Waals surface area contributed by atoms with Crippen molar-refractivity contribution in [2.45, 2.75) is 25.6 Å². The molecule has 0 aromatic carbocycles. The Labute approximate surface area is 149 Å². The summed E-state index contributed by atoms with van der Waals surface area (Å²) < 4.78 is 32.1. The zero-order chi connectivity index (χ0) is 17.6. The van der Waals surface area contributed by atoms with Crippen LogP contribution in [0.4, 0.5) is 0 Å². The maximum atomic E-state index is 12.9. The van der Waals surface area contributed by atoms with Crippen molar-refractivity contribution in [2.75, 3.05) is 32.5 Å². The van der Waals surface area contributed by atoms with E-state index in [1.54, 1.807) is 22.2 Å². The van der Waals surface area contributed by atoms with Gasteiger partial charge in [-0.1, -0.05) is 0 Å². The third-order valence-electron chi connectivity index (χ3n) is 4.67. The highest BCUT2D eigenvalue weighted by Gasteiger charge is 2.27. The minimum atomic E-state index is -3.25. The van der Waals surface area contributed by atoms with Gasteiger partial charge in [0.25, 0.3) is 5.56 Å². The largest absolute Gasteiger partial charge is 0.374 e. The average Bonchev–Trinajstić information content (AvgIpc) is 2.96. The second kappa shape index (κ2) is 6.44. The molecule has 0 spiro atoms. The molecule has 25 heavy (non-hydrogen) atoms. The Hall–Kier alpha value is -1.33. The molecule has 1 atom stereocenters. The lowest BCUT2D eigenvalue weighted by atomic mass is 10.1. The van der Waals surface area contributed by atoms with Gasteiger partial charge in [0.2, 0.25) is 10.0 Å². The van der Waals surface area contributed by atoms with Gasteiger partial charge in [-0.2, -0.15) is 4.31 Å². The predicted molar refractivity (Wildman–Crippen MR) is 95.4 cm³/mol. The van der Waals surface area contributed by atoms with Crippen molar-refractivity contribution in [1.29, 1.82) is 0 Å². The molecule has 0 saturated carbocycles. The highest BCUT2D eigenvalue weighted by molar-refractivity contribution is 7.88. The van der Waals surface area contributed by atoms with Gasteiger partial charge >= 0.3 is 0 Å². The molecule has 8 nitrogen and oxygen atoms in total. The summed E-state index contributed by atoms with van der Waals surface area (Å²) in [7, 11) is -3.25. The fraction of sp³-hybridized carbons (Fsp3) is 0.600. The normalized spacial score (nSPS) is 22.2. The summed E-state index contributed by atoms with van der Waals surface area (Å²) in [4.78, 5) is 19.3. The SMILES string of the molecule is CS(=O)(=O)N1CCO[C@H](Cn2cnc3sc4c(c3c2=O)CCNC4)C1. The van der Waals surface area contributed by atoms with E-state index in [1.807, 2.05) is 0 Å². The Balaban J connectivity index is 1.64. The van der Waals surface area contributed by atoms with E-state index in [-0.39, 0.29) is 18.2 Å². The number of nitrogens with one attached hydrogen (secondary N) is 1. The van der Waals surface area contributed by atoms with Crippen molar-refractivity contribution in [2.24, 2.45) is 0 Å². The van der Waals surface area contributed by atoms with Crippen molar-refractivity contribution in [3.05, 3.63) is 27.1 Å². The molecular formula is C15H20N4O4S2. The smallest absolute Gasteiger partial charge is 0.262 e. The van der Waals surface area contributed by atoms with Gasteiger partial charge in [0, 0.05) is 24.5 Å². The van der Waals surface area contributed by atoms with E-state index in [9.17, 15) is 13.2 Å². The van der Waals surface area contributed by atoms with Crippen LogP contribution in [0.2, 0.25) is 0 Å². The molecule has 10 heteroatoms. The Morgan fingerprint density at radius 2 is 2.32 bits per heavy atom. The Morgan fingerprint density at radius 1 is 1.48 bits per heavy atom. The molecule has 0 unspecified atom stereocenters. The van der Waals surface area contributed by atoms with Gasteiger partial charge in [0.1, 0.15) is 4.83 Å². The number of fused-ring (bicyclic) bond motifs is 3. The van der Waals surface area contributed by atoms with Gasteiger partial charge in [0.15, 0.2) is 0 Å². The van der Waals surface area contributed by atoms with Crippen LogP contribution in [0.5, 0.6) is 0 Å². The zero-order valence-electron chi connectivity index (χ0n) is 13.9. The Bertz CT molecular complexity index is 966. The molecule has 0 amide bonds. The molecule has 0 radical (unpaired) electrons. The van der Waals surface area contributed by atoms with Gasteiger partial charge in [-0.25, -0.2) is 13.4 Å². The molecule has 2 aromatic heterocycles. The topological polar surface area (TPSA) is 93.5 Å². The fourth-order valence-corrected chi connectivity index (χ4v) is 5.39. The van der Waals surface area contributed by atoms with Gasteiger partial charge in [-0.3, -0.25) is 9.36 Å². The lowest BCUT2D eigenvalue weighted by Crippen LogP contribution is -2.47. The first-order valence-electron chi connectivity index (χ1n) is 8.20. The van der Waals surface area contributed by atoms with Crippen molar-refractivity contribution < 1.29 is 13.2 Å². The number of rotatable bonds is 3. The van der Waals surface area contributed by atoms with Crippen molar-refractivity contribution in [1.82, 2.24) is 19.2 Å². The van der Waals surface area contributed by atoms with E-state index in [2.05, 4.69) is 10.3 Å². The van der Waals surface area contributed by atoms with Crippen LogP contribution in [0.3, 0.4) is 0 Å². The standard InChI is InChI=1S/C15H20N4O4S2/c1-25(21,22)19-4-5-23-10(8-19)7-18-9-17-14-13(15(18)20)11-2-3-16-6-12(11)24-14/h9-10,16H,2-8H2,1H3/t10-/m1/s1. The van der Waals surface area contributed by atoms with Crippen LogP contribution < -0.4 is 10.9 Å². The maximum Gasteiger partial charge on any atom is 0.262 e. The number of morpholine rings is 1. The first kappa shape index (κ1) is 17.1. The molecule has 0 bridgehead atoms.